The molecule has 4 heteroatoms. The molecule has 0 N–H and O–H groups in total. The van der Waals surface area contributed by atoms with Gasteiger partial charge in [-0.3, -0.25) is 0 Å². The molecule has 0 saturated heterocycles. The summed E-state index contributed by atoms with van der Waals surface area (Å²) in [5, 5.41) is 0.984. The number of hydrogen-bond acceptors (Lipinski definition) is 2. The van der Waals surface area contributed by atoms with Crippen LogP contribution in [0.2, 0.25) is 0 Å². The molecule has 1 aromatic heterocycles. The third kappa shape index (κ3) is 2.87. The first-order valence-corrected chi connectivity index (χ1v) is 7.11. The van der Waals surface area contributed by atoms with E-state index in [0.29, 0.717) is 0 Å². The molecule has 0 fully saturated rings. The van der Waals surface area contributed by atoms with E-state index in [1.54, 1.807) is 11.8 Å². The predicted octanol–water partition coefficient (Wildman–Crippen LogP) is 5.07. The zero-order valence-electron chi connectivity index (χ0n) is 8.58. The molecule has 0 amide bonds. The van der Waals surface area contributed by atoms with Gasteiger partial charge in [0, 0.05) is 15.6 Å². The van der Waals surface area contributed by atoms with Gasteiger partial charge in [-0.15, -0.1) is 0 Å². The summed E-state index contributed by atoms with van der Waals surface area (Å²) in [5.74, 6) is 0. The second-order valence-electron chi connectivity index (χ2n) is 3.33. The fourth-order valence-electron chi connectivity index (χ4n) is 1.23. The second-order valence-corrected chi connectivity index (χ2v) is 6.07. The molecule has 16 heavy (non-hydrogen) atoms. The van der Waals surface area contributed by atoms with Crippen molar-refractivity contribution in [3.05, 3.63) is 51.0 Å². The summed E-state index contributed by atoms with van der Waals surface area (Å²) >= 11 is 8.70. The van der Waals surface area contributed by atoms with Crippen LogP contribution in [0.3, 0.4) is 0 Å². The summed E-state index contributed by atoms with van der Waals surface area (Å²) in [6.07, 6.45) is 1.88. The first kappa shape index (κ1) is 12.1. The van der Waals surface area contributed by atoms with Gasteiger partial charge in [0.05, 0.1) is 4.47 Å². The highest BCUT2D eigenvalue weighted by atomic mass is 79.9. The molecule has 2 aromatic rings. The van der Waals surface area contributed by atoms with E-state index in [-0.39, 0.29) is 0 Å². The lowest BCUT2D eigenvalue weighted by atomic mass is 10.3. The summed E-state index contributed by atoms with van der Waals surface area (Å²) in [6.45, 7) is 2.03. The molecule has 0 aliphatic heterocycles. The van der Waals surface area contributed by atoms with E-state index in [1.165, 1.54) is 4.90 Å². The van der Waals surface area contributed by atoms with E-state index in [4.69, 9.17) is 0 Å². The molecule has 0 saturated carbocycles. The molecule has 0 atom stereocenters. The van der Waals surface area contributed by atoms with E-state index in [0.717, 1.165) is 19.5 Å². The van der Waals surface area contributed by atoms with Gasteiger partial charge in [-0.05, 0) is 62.5 Å². The summed E-state index contributed by atoms with van der Waals surface area (Å²) in [4.78, 5) is 5.58. The second kappa shape index (κ2) is 5.34. The average molecular weight is 359 g/mol. The highest BCUT2D eigenvalue weighted by Crippen LogP contribution is 2.35. The SMILES string of the molecule is Cc1cnc(Sc2ccccc2Br)c(Br)c1. The minimum atomic E-state index is 0.984. The van der Waals surface area contributed by atoms with Crippen LogP contribution in [0.5, 0.6) is 0 Å². The molecule has 82 valence electrons. The van der Waals surface area contributed by atoms with Crippen LogP contribution in [0.1, 0.15) is 5.56 Å². The van der Waals surface area contributed by atoms with Gasteiger partial charge in [0.15, 0.2) is 0 Å². The van der Waals surface area contributed by atoms with Crippen molar-refractivity contribution in [3.63, 3.8) is 0 Å². The Labute approximate surface area is 116 Å². The maximum Gasteiger partial charge on any atom is 0.115 e. The molecule has 0 spiro atoms. The molecule has 0 unspecified atom stereocenters. The van der Waals surface area contributed by atoms with E-state index >= 15 is 0 Å². The van der Waals surface area contributed by atoms with Crippen LogP contribution in [0.4, 0.5) is 0 Å². The quantitative estimate of drug-likeness (QED) is 0.743. The summed E-state index contributed by atoms with van der Waals surface area (Å²) in [7, 11) is 0. The van der Waals surface area contributed by atoms with Crippen molar-refractivity contribution in [1.29, 1.82) is 0 Å². The van der Waals surface area contributed by atoms with E-state index in [1.807, 2.05) is 31.3 Å². The summed E-state index contributed by atoms with van der Waals surface area (Å²) in [6, 6.07) is 10.2. The highest BCUT2D eigenvalue weighted by molar-refractivity contribution is 9.11. The van der Waals surface area contributed by atoms with Crippen molar-refractivity contribution in [2.24, 2.45) is 0 Å². The van der Waals surface area contributed by atoms with Crippen molar-refractivity contribution in [3.8, 4) is 0 Å². The number of hydrogen-bond donors (Lipinski definition) is 0. The van der Waals surface area contributed by atoms with Crippen LogP contribution in [-0.2, 0) is 0 Å². The van der Waals surface area contributed by atoms with Crippen LogP contribution in [0.25, 0.3) is 0 Å². The Balaban J connectivity index is 2.31. The lowest BCUT2D eigenvalue weighted by Gasteiger charge is -2.05. The Morgan fingerprint density at radius 1 is 1.12 bits per heavy atom. The molecule has 0 aliphatic rings. The normalized spacial score (nSPS) is 10.4. The van der Waals surface area contributed by atoms with Gasteiger partial charge >= 0.3 is 0 Å². The van der Waals surface area contributed by atoms with Crippen molar-refractivity contribution >= 4 is 43.6 Å². The zero-order chi connectivity index (χ0) is 11.5. The molecular formula is C12H9Br2NS. The maximum atomic E-state index is 4.41. The highest BCUT2D eigenvalue weighted by Gasteiger charge is 2.06. The third-order valence-corrected chi connectivity index (χ3v) is 4.90. The molecular weight excluding hydrogens is 350 g/mol. The first-order chi connectivity index (χ1) is 7.66. The number of pyridine rings is 1. The largest absolute Gasteiger partial charge is 0.248 e. The molecule has 1 nitrogen and oxygen atoms in total. The van der Waals surface area contributed by atoms with Gasteiger partial charge in [0.1, 0.15) is 5.03 Å². The fourth-order valence-corrected chi connectivity index (χ4v) is 3.24. The Hall–Kier alpha value is -0.320. The fraction of sp³-hybridized carbons (Fsp3) is 0.0833. The predicted molar refractivity (Wildman–Crippen MR) is 74.9 cm³/mol. The summed E-state index contributed by atoms with van der Waals surface area (Å²) < 4.78 is 2.13. The topological polar surface area (TPSA) is 12.9 Å². The number of rotatable bonds is 2. The monoisotopic (exact) mass is 357 g/mol. The van der Waals surface area contributed by atoms with Crippen molar-refractivity contribution in [2.45, 2.75) is 16.8 Å². The molecule has 0 aliphatic carbocycles. The lowest BCUT2D eigenvalue weighted by molar-refractivity contribution is 1.08. The van der Waals surface area contributed by atoms with Gasteiger partial charge in [0.2, 0.25) is 0 Å². The Kier molecular flexibility index (Phi) is 4.05. The standard InChI is InChI=1S/C12H9Br2NS/c1-8-6-10(14)12(15-7-8)16-11-5-3-2-4-9(11)13/h2-7H,1H3. The van der Waals surface area contributed by atoms with Gasteiger partial charge < -0.3 is 0 Å². The van der Waals surface area contributed by atoms with Crippen LogP contribution >= 0.6 is 43.6 Å². The molecule has 2 rings (SSSR count). The molecule has 0 bridgehead atoms. The van der Waals surface area contributed by atoms with Gasteiger partial charge in [-0.25, -0.2) is 4.98 Å². The van der Waals surface area contributed by atoms with Crippen molar-refractivity contribution in [2.75, 3.05) is 0 Å². The third-order valence-electron chi connectivity index (χ3n) is 1.99. The van der Waals surface area contributed by atoms with Gasteiger partial charge in [-0.1, -0.05) is 23.9 Å². The Bertz CT molecular complexity index is 514. The van der Waals surface area contributed by atoms with Crippen molar-refractivity contribution < 1.29 is 0 Å². The van der Waals surface area contributed by atoms with Crippen LogP contribution in [0, 0.1) is 6.92 Å². The Morgan fingerprint density at radius 3 is 2.56 bits per heavy atom. The Morgan fingerprint density at radius 2 is 1.88 bits per heavy atom. The maximum absolute atomic E-state index is 4.41. The number of aryl methyl sites for hydroxylation is 1. The number of nitrogens with zero attached hydrogens (tertiary/aromatic N) is 1. The van der Waals surface area contributed by atoms with Gasteiger partial charge in [0.25, 0.3) is 0 Å². The van der Waals surface area contributed by atoms with Crippen LogP contribution in [0.15, 0.2) is 55.4 Å². The zero-order valence-corrected chi connectivity index (χ0v) is 12.6. The minimum Gasteiger partial charge on any atom is -0.248 e. The van der Waals surface area contributed by atoms with E-state index in [2.05, 4.69) is 49.0 Å². The number of benzene rings is 1. The van der Waals surface area contributed by atoms with E-state index < -0.39 is 0 Å². The van der Waals surface area contributed by atoms with Crippen molar-refractivity contribution in [1.82, 2.24) is 4.98 Å². The number of aromatic nitrogens is 1. The summed E-state index contributed by atoms with van der Waals surface area (Å²) in [5.41, 5.74) is 1.16. The molecule has 1 aromatic carbocycles. The average Bonchev–Trinajstić information content (AvgIpc) is 2.25. The van der Waals surface area contributed by atoms with Crippen LogP contribution < -0.4 is 0 Å². The molecule has 0 radical (unpaired) electrons. The first-order valence-electron chi connectivity index (χ1n) is 4.71. The number of halogens is 2. The smallest absolute Gasteiger partial charge is 0.115 e. The molecule has 1 heterocycles. The van der Waals surface area contributed by atoms with Crippen LogP contribution in [-0.4, -0.2) is 4.98 Å². The lowest BCUT2D eigenvalue weighted by Crippen LogP contribution is -1.84. The minimum absolute atomic E-state index is 0.984. The van der Waals surface area contributed by atoms with E-state index in [9.17, 15) is 0 Å². The van der Waals surface area contributed by atoms with Gasteiger partial charge in [-0.2, -0.15) is 0 Å².